The number of aliphatic carboxylic acids is 1. The molecule has 0 radical (unpaired) electrons. The number of nitrogens with one attached hydrogen (secondary N) is 1. The molecule has 1 aromatic carbocycles. The van der Waals surface area contributed by atoms with Gasteiger partial charge in [-0.1, -0.05) is 0 Å². The number of carboxylic acids is 1. The average molecular weight is 282 g/mol. The summed E-state index contributed by atoms with van der Waals surface area (Å²) in [5.41, 5.74) is -1.66. The minimum absolute atomic E-state index is 0.0775. The number of carboxylic acid groups (broad SMARTS) is 1. The molecule has 0 aliphatic rings. The number of benzene rings is 1. The van der Waals surface area contributed by atoms with Gasteiger partial charge in [0, 0.05) is 6.07 Å². The van der Waals surface area contributed by atoms with Crippen molar-refractivity contribution in [2.45, 2.75) is 13.8 Å². The molecule has 0 fully saturated rings. The molecule has 0 saturated heterocycles. The lowest BCUT2D eigenvalue weighted by atomic mass is 9.92. The second-order valence-electron chi connectivity index (χ2n) is 4.53. The predicted molar refractivity (Wildman–Crippen MR) is 69.7 cm³/mol. The molecular formula is C12H14N2O6. The first kappa shape index (κ1) is 15.4. The summed E-state index contributed by atoms with van der Waals surface area (Å²) in [7, 11) is 1.29. The maximum atomic E-state index is 11.9. The number of nitro groups is 1. The molecule has 0 bridgehead atoms. The van der Waals surface area contributed by atoms with E-state index in [1.54, 1.807) is 0 Å². The number of carbonyl (C=O) groups is 2. The van der Waals surface area contributed by atoms with Crippen LogP contribution in [0.3, 0.4) is 0 Å². The molecule has 1 amide bonds. The van der Waals surface area contributed by atoms with E-state index in [1.165, 1.54) is 33.1 Å². The first-order valence-electron chi connectivity index (χ1n) is 5.57. The third-order valence-corrected chi connectivity index (χ3v) is 2.75. The summed E-state index contributed by atoms with van der Waals surface area (Å²) in [6, 6.07) is 3.61. The minimum Gasteiger partial charge on any atom is -0.494 e. The van der Waals surface area contributed by atoms with E-state index in [1.807, 2.05) is 0 Å². The van der Waals surface area contributed by atoms with Gasteiger partial charge in [-0.25, -0.2) is 0 Å². The molecule has 2 N–H and O–H groups in total. The highest BCUT2D eigenvalue weighted by molar-refractivity contribution is 6.08. The standard InChI is InChI=1S/C12H14N2O6/c1-12(2,11(16)17)10(15)13-8-5-4-7(14(18)19)6-9(8)20-3/h4-6H,1-3H3,(H,13,15)(H,16,17). The summed E-state index contributed by atoms with van der Waals surface area (Å²) in [6.45, 7) is 2.51. The summed E-state index contributed by atoms with van der Waals surface area (Å²) in [4.78, 5) is 32.9. The van der Waals surface area contributed by atoms with Crippen LogP contribution in [0.15, 0.2) is 18.2 Å². The van der Waals surface area contributed by atoms with Crippen LogP contribution in [0.1, 0.15) is 13.8 Å². The molecule has 0 aromatic heterocycles. The lowest BCUT2D eigenvalue weighted by Crippen LogP contribution is -2.37. The number of carbonyl (C=O) groups excluding carboxylic acids is 1. The number of non-ortho nitro benzene ring substituents is 1. The molecule has 0 unspecified atom stereocenters. The van der Waals surface area contributed by atoms with Crippen LogP contribution in [0.5, 0.6) is 5.75 Å². The van der Waals surface area contributed by atoms with Crippen molar-refractivity contribution >= 4 is 23.3 Å². The number of methoxy groups -OCH3 is 1. The molecule has 0 aliphatic heterocycles. The first-order chi connectivity index (χ1) is 9.20. The van der Waals surface area contributed by atoms with E-state index in [4.69, 9.17) is 9.84 Å². The van der Waals surface area contributed by atoms with Crippen molar-refractivity contribution in [1.29, 1.82) is 0 Å². The van der Waals surface area contributed by atoms with Crippen LogP contribution in [0.25, 0.3) is 0 Å². The highest BCUT2D eigenvalue weighted by atomic mass is 16.6. The van der Waals surface area contributed by atoms with Gasteiger partial charge in [0.25, 0.3) is 5.69 Å². The Morgan fingerprint density at radius 2 is 2.00 bits per heavy atom. The van der Waals surface area contributed by atoms with Gasteiger partial charge in [-0.3, -0.25) is 19.7 Å². The fraction of sp³-hybridized carbons (Fsp3) is 0.333. The van der Waals surface area contributed by atoms with Crippen molar-refractivity contribution in [2.24, 2.45) is 5.41 Å². The van der Waals surface area contributed by atoms with Crippen LogP contribution < -0.4 is 10.1 Å². The van der Waals surface area contributed by atoms with Crippen LogP contribution >= 0.6 is 0 Å². The Kier molecular flexibility index (Phi) is 4.28. The fourth-order valence-corrected chi connectivity index (χ4v) is 1.27. The zero-order valence-corrected chi connectivity index (χ0v) is 11.2. The normalized spacial score (nSPS) is 10.8. The summed E-state index contributed by atoms with van der Waals surface area (Å²) < 4.78 is 4.94. The quantitative estimate of drug-likeness (QED) is 0.481. The molecular weight excluding hydrogens is 268 g/mol. The predicted octanol–water partition coefficient (Wildman–Crippen LogP) is 1.65. The molecule has 0 spiro atoms. The third-order valence-electron chi connectivity index (χ3n) is 2.75. The summed E-state index contributed by atoms with van der Waals surface area (Å²) in [6.07, 6.45) is 0. The Hall–Kier alpha value is -2.64. The van der Waals surface area contributed by atoms with Crippen molar-refractivity contribution in [2.75, 3.05) is 12.4 Å². The highest BCUT2D eigenvalue weighted by Crippen LogP contribution is 2.30. The van der Waals surface area contributed by atoms with Crippen molar-refractivity contribution < 1.29 is 24.4 Å². The second-order valence-corrected chi connectivity index (χ2v) is 4.53. The number of hydrogen-bond acceptors (Lipinski definition) is 5. The Balaban J connectivity index is 3.07. The van der Waals surface area contributed by atoms with E-state index in [2.05, 4.69) is 5.32 Å². The molecule has 1 rings (SSSR count). The molecule has 0 atom stereocenters. The third kappa shape index (κ3) is 3.02. The van der Waals surface area contributed by atoms with E-state index in [9.17, 15) is 19.7 Å². The summed E-state index contributed by atoms with van der Waals surface area (Å²) in [5.74, 6) is -1.96. The summed E-state index contributed by atoms with van der Waals surface area (Å²) in [5, 5.41) is 22.0. The van der Waals surface area contributed by atoms with E-state index in [-0.39, 0.29) is 17.1 Å². The smallest absolute Gasteiger partial charge is 0.318 e. The van der Waals surface area contributed by atoms with E-state index in [0.717, 1.165) is 6.07 Å². The van der Waals surface area contributed by atoms with Crippen molar-refractivity contribution in [3.05, 3.63) is 28.3 Å². The largest absolute Gasteiger partial charge is 0.494 e. The van der Waals surface area contributed by atoms with E-state index >= 15 is 0 Å². The van der Waals surface area contributed by atoms with Crippen LogP contribution in [0.2, 0.25) is 0 Å². The lowest BCUT2D eigenvalue weighted by Gasteiger charge is -2.19. The van der Waals surface area contributed by atoms with Crippen LogP contribution in [-0.4, -0.2) is 29.0 Å². The molecule has 1 aromatic rings. The van der Waals surface area contributed by atoms with Gasteiger partial charge in [0.15, 0.2) is 0 Å². The average Bonchev–Trinajstić information content (AvgIpc) is 2.38. The topological polar surface area (TPSA) is 119 Å². The second kappa shape index (κ2) is 5.55. The Labute approximate surface area is 114 Å². The fourth-order valence-electron chi connectivity index (χ4n) is 1.27. The number of ether oxygens (including phenoxy) is 1. The maximum absolute atomic E-state index is 11.9. The highest BCUT2D eigenvalue weighted by Gasteiger charge is 2.36. The van der Waals surface area contributed by atoms with Crippen LogP contribution in [-0.2, 0) is 9.59 Å². The number of rotatable bonds is 5. The van der Waals surface area contributed by atoms with Crippen molar-refractivity contribution in [3.63, 3.8) is 0 Å². The van der Waals surface area contributed by atoms with Crippen LogP contribution in [0, 0.1) is 15.5 Å². The lowest BCUT2D eigenvalue weighted by molar-refractivity contribution is -0.384. The Bertz CT molecular complexity index is 567. The van der Waals surface area contributed by atoms with Gasteiger partial charge in [0.2, 0.25) is 5.91 Å². The van der Waals surface area contributed by atoms with Gasteiger partial charge in [-0.05, 0) is 19.9 Å². The number of hydrogen-bond donors (Lipinski definition) is 2. The van der Waals surface area contributed by atoms with Gasteiger partial charge >= 0.3 is 5.97 Å². The maximum Gasteiger partial charge on any atom is 0.318 e. The molecule has 0 aliphatic carbocycles. The van der Waals surface area contributed by atoms with Gasteiger partial charge < -0.3 is 15.2 Å². The molecule has 8 heteroatoms. The van der Waals surface area contributed by atoms with Crippen molar-refractivity contribution in [3.8, 4) is 5.75 Å². The van der Waals surface area contributed by atoms with Crippen molar-refractivity contribution in [1.82, 2.24) is 0 Å². The number of amides is 1. The number of anilines is 1. The van der Waals surface area contributed by atoms with Gasteiger partial charge in [0.1, 0.15) is 11.2 Å². The molecule has 0 saturated carbocycles. The summed E-state index contributed by atoms with van der Waals surface area (Å²) >= 11 is 0. The van der Waals surface area contributed by atoms with Gasteiger partial charge in [0.05, 0.1) is 23.8 Å². The monoisotopic (exact) mass is 282 g/mol. The minimum atomic E-state index is -1.63. The number of nitrogens with zero attached hydrogens (tertiary/aromatic N) is 1. The molecule has 20 heavy (non-hydrogen) atoms. The SMILES string of the molecule is COc1cc([N+](=O)[O-])ccc1NC(=O)C(C)(C)C(=O)O. The van der Waals surface area contributed by atoms with Crippen LogP contribution in [0.4, 0.5) is 11.4 Å². The first-order valence-corrected chi connectivity index (χ1v) is 5.57. The van der Waals surface area contributed by atoms with E-state index < -0.39 is 22.2 Å². The van der Waals surface area contributed by atoms with E-state index in [0.29, 0.717) is 0 Å². The molecule has 0 heterocycles. The Morgan fingerprint density at radius 3 is 2.45 bits per heavy atom. The zero-order valence-electron chi connectivity index (χ0n) is 11.2. The van der Waals surface area contributed by atoms with Gasteiger partial charge in [-0.2, -0.15) is 0 Å². The molecule has 108 valence electrons. The molecule has 8 nitrogen and oxygen atoms in total. The van der Waals surface area contributed by atoms with Gasteiger partial charge in [-0.15, -0.1) is 0 Å². The number of nitro benzene ring substituents is 1. The Morgan fingerprint density at radius 1 is 1.40 bits per heavy atom. The zero-order chi connectivity index (χ0) is 15.5.